The number of benzene rings is 2. The van der Waals surface area contributed by atoms with Gasteiger partial charge in [-0.25, -0.2) is 4.79 Å². The number of carbonyl (C=O) groups excluding carboxylic acids is 3. The SMILES string of the molecule is COC(=O)c1c(CC(=O)NCCC(c2ccccc2)c2ccccc2)[nH]c(C(C)=O)c1C. The van der Waals surface area contributed by atoms with Gasteiger partial charge in [-0.2, -0.15) is 0 Å². The van der Waals surface area contributed by atoms with Crippen LogP contribution in [0, 0.1) is 6.92 Å². The van der Waals surface area contributed by atoms with E-state index in [0.717, 1.165) is 6.42 Å². The van der Waals surface area contributed by atoms with Crippen molar-refractivity contribution in [2.24, 2.45) is 0 Å². The van der Waals surface area contributed by atoms with E-state index >= 15 is 0 Å². The van der Waals surface area contributed by atoms with Crippen molar-refractivity contribution < 1.29 is 19.1 Å². The Labute approximate surface area is 188 Å². The van der Waals surface area contributed by atoms with Gasteiger partial charge in [0.2, 0.25) is 5.91 Å². The lowest BCUT2D eigenvalue weighted by Crippen LogP contribution is -2.28. The number of H-pyrrole nitrogens is 1. The summed E-state index contributed by atoms with van der Waals surface area (Å²) in [6.45, 7) is 3.56. The average Bonchev–Trinajstić information content (AvgIpc) is 3.13. The fourth-order valence-corrected chi connectivity index (χ4v) is 4.00. The molecule has 32 heavy (non-hydrogen) atoms. The molecule has 3 rings (SSSR count). The zero-order chi connectivity index (χ0) is 23.1. The number of hydrogen-bond acceptors (Lipinski definition) is 4. The highest BCUT2D eigenvalue weighted by molar-refractivity contribution is 6.01. The van der Waals surface area contributed by atoms with Crippen LogP contribution in [-0.4, -0.2) is 36.3 Å². The van der Waals surface area contributed by atoms with Gasteiger partial charge in [0.1, 0.15) is 0 Å². The van der Waals surface area contributed by atoms with Crippen molar-refractivity contribution >= 4 is 17.7 Å². The van der Waals surface area contributed by atoms with Gasteiger partial charge in [0.15, 0.2) is 5.78 Å². The third kappa shape index (κ3) is 5.32. The number of aromatic nitrogens is 1. The Kier molecular flexibility index (Phi) is 7.60. The van der Waals surface area contributed by atoms with Crippen molar-refractivity contribution in [3.05, 3.63) is 94.3 Å². The maximum absolute atomic E-state index is 12.7. The van der Waals surface area contributed by atoms with Crippen molar-refractivity contribution in [2.45, 2.75) is 32.6 Å². The van der Waals surface area contributed by atoms with Gasteiger partial charge < -0.3 is 15.0 Å². The molecule has 0 saturated carbocycles. The normalized spacial score (nSPS) is 10.8. The molecule has 0 fully saturated rings. The van der Waals surface area contributed by atoms with Crippen LogP contribution in [0.15, 0.2) is 60.7 Å². The van der Waals surface area contributed by atoms with Crippen molar-refractivity contribution in [1.82, 2.24) is 10.3 Å². The molecule has 0 atom stereocenters. The summed E-state index contributed by atoms with van der Waals surface area (Å²) >= 11 is 0. The molecule has 0 radical (unpaired) electrons. The Bertz CT molecular complexity index is 1050. The highest BCUT2D eigenvalue weighted by Gasteiger charge is 2.24. The van der Waals surface area contributed by atoms with Crippen LogP contribution in [0.3, 0.4) is 0 Å². The lowest BCUT2D eigenvalue weighted by molar-refractivity contribution is -0.120. The molecule has 0 unspecified atom stereocenters. The van der Waals surface area contributed by atoms with E-state index in [-0.39, 0.29) is 29.6 Å². The number of methoxy groups -OCH3 is 1. The molecule has 0 bridgehead atoms. The standard InChI is InChI=1S/C26H28N2O4/c1-17-24(26(31)32-3)22(28-25(17)18(2)29)16-23(30)27-15-14-21(19-10-6-4-7-11-19)20-12-8-5-9-13-20/h4-13,21,28H,14-16H2,1-3H3,(H,27,30). The topological polar surface area (TPSA) is 88.3 Å². The van der Waals surface area contributed by atoms with Gasteiger partial charge in [-0.3, -0.25) is 9.59 Å². The average molecular weight is 433 g/mol. The Hall–Kier alpha value is -3.67. The molecule has 1 aromatic heterocycles. The number of Topliss-reactive ketones (excluding diaryl/α,β-unsaturated/α-hetero) is 1. The summed E-state index contributed by atoms with van der Waals surface area (Å²) in [5.41, 5.74) is 3.83. The molecular weight excluding hydrogens is 404 g/mol. The number of ether oxygens (including phenoxy) is 1. The van der Waals surface area contributed by atoms with Gasteiger partial charge in [0.25, 0.3) is 0 Å². The Morgan fingerprint density at radius 2 is 1.53 bits per heavy atom. The number of aromatic amines is 1. The smallest absolute Gasteiger partial charge is 0.339 e. The fourth-order valence-electron chi connectivity index (χ4n) is 4.00. The summed E-state index contributed by atoms with van der Waals surface area (Å²) in [5, 5.41) is 2.95. The Morgan fingerprint density at radius 1 is 0.969 bits per heavy atom. The molecule has 166 valence electrons. The van der Waals surface area contributed by atoms with Crippen LogP contribution in [0.2, 0.25) is 0 Å². The van der Waals surface area contributed by atoms with Gasteiger partial charge in [0.05, 0.1) is 24.8 Å². The Balaban J connectivity index is 1.70. The number of hydrogen-bond donors (Lipinski definition) is 2. The second kappa shape index (κ2) is 10.6. The molecule has 6 heteroatoms. The predicted octanol–water partition coefficient (Wildman–Crippen LogP) is 4.19. The van der Waals surface area contributed by atoms with Crippen LogP contribution in [0.4, 0.5) is 0 Å². The second-order valence-corrected chi connectivity index (χ2v) is 7.72. The van der Waals surface area contributed by atoms with Crippen LogP contribution in [0.1, 0.15) is 62.5 Å². The largest absolute Gasteiger partial charge is 0.465 e. The Morgan fingerprint density at radius 3 is 2.03 bits per heavy atom. The molecule has 6 nitrogen and oxygen atoms in total. The summed E-state index contributed by atoms with van der Waals surface area (Å²) < 4.78 is 4.84. The van der Waals surface area contributed by atoms with Crippen molar-refractivity contribution in [1.29, 1.82) is 0 Å². The van der Waals surface area contributed by atoms with E-state index in [4.69, 9.17) is 4.74 Å². The fraction of sp³-hybridized carbons (Fsp3) is 0.269. The van der Waals surface area contributed by atoms with Crippen LogP contribution in [-0.2, 0) is 16.0 Å². The van der Waals surface area contributed by atoms with Gasteiger partial charge in [-0.15, -0.1) is 0 Å². The number of rotatable bonds is 9. The van der Waals surface area contributed by atoms with Crippen LogP contribution >= 0.6 is 0 Å². The van der Waals surface area contributed by atoms with Crippen molar-refractivity contribution in [3.63, 3.8) is 0 Å². The molecule has 0 aliphatic heterocycles. The van der Waals surface area contributed by atoms with Crippen molar-refractivity contribution in [2.75, 3.05) is 13.7 Å². The molecule has 1 heterocycles. The minimum Gasteiger partial charge on any atom is -0.465 e. The first kappa shape index (κ1) is 23.0. The third-order valence-electron chi connectivity index (χ3n) is 5.57. The molecule has 0 saturated heterocycles. The quantitative estimate of drug-likeness (QED) is 0.392. The predicted molar refractivity (Wildman–Crippen MR) is 123 cm³/mol. The third-order valence-corrected chi connectivity index (χ3v) is 5.57. The van der Waals surface area contributed by atoms with E-state index in [1.807, 2.05) is 36.4 Å². The zero-order valence-corrected chi connectivity index (χ0v) is 18.6. The van der Waals surface area contributed by atoms with E-state index in [0.29, 0.717) is 23.5 Å². The zero-order valence-electron chi connectivity index (χ0n) is 18.6. The first-order valence-electron chi connectivity index (χ1n) is 10.6. The summed E-state index contributed by atoms with van der Waals surface area (Å²) in [6, 6.07) is 20.4. The van der Waals surface area contributed by atoms with E-state index < -0.39 is 5.97 Å². The monoisotopic (exact) mass is 432 g/mol. The van der Waals surface area contributed by atoms with Gasteiger partial charge in [-0.1, -0.05) is 60.7 Å². The van der Waals surface area contributed by atoms with Crippen LogP contribution in [0.25, 0.3) is 0 Å². The first-order valence-corrected chi connectivity index (χ1v) is 10.6. The molecule has 0 spiro atoms. The van der Waals surface area contributed by atoms with Gasteiger partial charge in [-0.05, 0) is 30.0 Å². The van der Waals surface area contributed by atoms with E-state index in [2.05, 4.69) is 34.6 Å². The molecule has 2 N–H and O–H groups in total. The highest BCUT2D eigenvalue weighted by atomic mass is 16.5. The molecule has 0 aliphatic rings. The van der Waals surface area contributed by atoms with Crippen molar-refractivity contribution in [3.8, 4) is 0 Å². The number of amides is 1. The number of esters is 1. The molecule has 1 amide bonds. The summed E-state index contributed by atoms with van der Waals surface area (Å²) in [7, 11) is 1.28. The number of nitrogens with one attached hydrogen (secondary N) is 2. The molecule has 2 aromatic carbocycles. The second-order valence-electron chi connectivity index (χ2n) is 7.72. The molecule has 3 aromatic rings. The van der Waals surface area contributed by atoms with Crippen LogP contribution < -0.4 is 5.32 Å². The highest BCUT2D eigenvalue weighted by Crippen LogP contribution is 2.27. The van der Waals surface area contributed by atoms with Gasteiger partial charge >= 0.3 is 5.97 Å². The van der Waals surface area contributed by atoms with E-state index in [1.54, 1.807) is 6.92 Å². The number of carbonyl (C=O) groups is 3. The number of ketones is 1. The van der Waals surface area contributed by atoms with E-state index in [9.17, 15) is 14.4 Å². The summed E-state index contributed by atoms with van der Waals surface area (Å²) in [5.74, 6) is -0.845. The lowest BCUT2D eigenvalue weighted by Gasteiger charge is -2.18. The van der Waals surface area contributed by atoms with Gasteiger partial charge in [0, 0.05) is 25.1 Å². The minimum absolute atomic E-state index is 0.0418. The maximum Gasteiger partial charge on any atom is 0.339 e. The molecule has 0 aliphatic carbocycles. The summed E-state index contributed by atoms with van der Waals surface area (Å²) in [6.07, 6.45) is 0.686. The van der Waals surface area contributed by atoms with Crippen LogP contribution in [0.5, 0.6) is 0 Å². The first-order chi connectivity index (χ1) is 15.4. The summed E-state index contributed by atoms with van der Waals surface area (Å²) in [4.78, 5) is 39.7. The molecular formula is C26H28N2O4. The van der Waals surface area contributed by atoms with E-state index in [1.165, 1.54) is 25.2 Å². The maximum atomic E-state index is 12.7. The lowest BCUT2D eigenvalue weighted by atomic mass is 9.88. The minimum atomic E-state index is -0.567.